The largest absolute Gasteiger partial charge is 0.353 e. The third kappa shape index (κ3) is 3.47. The normalized spacial score (nSPS) is 18.6. The lowest BCUT2D eigenvalue weighted by molar-refractivity contribution is 0.660. The molecule has 2 saturated carbocycles. The van der Waals surface area contributed by atoms with E-state index in [9.17, 15) is 0 Å². The van der Waals surface area contributed by atoms with Gasteiger partial charge in [0.05, 0.1) is 0 Å². The number of aromatic nitrogens is 1. The lowest BCUT2D eigenvalue weighted by Crippen LogP contribution is -2.30. The van der Waals surface area contributed by atoms with Gasteiger partial charge in [-0.1, -0.05) is 13.0 Å². The Morgan fingerprint density at radius 3 is 2.84 bits per heavy atom. The molecule has 104 valence electrons. The minimum Gasteiger partial charge on any atom is -0.353 e. The molecule has 3 rings (SSSR count). The molecule has 0 saturated heterocycles. The highest BCUT2D eigenvalue weighted by Gasteiger charge is 2.35. The Morgan fingerprint density at radius 1 is 1.32 bits per heavy atom. The average molecular weight is 259 g/mol. The first-order chi connectivity index (χ1) is 9.38. The van der Waals surface area contributed by atoms with Crippen LogP contribution in [0.1, 0.15) is 44.6 Å². The molecule has 0 unspecified atom stereocenters. The van der Waals surface area contributed by atoms with E-state index in [1.807, 2.05) is 6.20 Å². The van der Waals surface area contributed by atoms with Gasteiger partial charge < -0.3 is 10.2 Å². The fourth-order valence-corrected chi connectivity index (χ4v) is 2.60. The molecule has 0 aliphatic heterocycles. The van der Waals surface area contributed by atoms with Gasteiger partial charge in [0.1, 0.15) is 5.82 Å². The minimum absolute atomic E-state index is 0.764. The maximum Gasteiger partial charge on any atom is 0.133 e. The Kier molecular flexibility index (Phi) is 4.02. The van der Waals surface area contributed by atoms with E-state index in [2.05, 4.69) is 34.3 Å². The highest BCUT2D eigenvalue weighted by molar-refractivity contribution is 5.49. The Balaban J connectivity index is 1.72. The third-order valence-electron chi connectivity index (χ3n) is 4.02. The van der Waals surface area contributed by atoms with Gasteiger partial charge in [-0.15, -0.1) is 0 Å². The molecule has 0 spiro atoms. The van der Waals surface area contributed by atoms with Crippen LogP contribution in [0.5, 0.6) is 0 Å². The van der Waals surface area contributed by atoms with Crippen molar-refractivity contribution >= 4 is 5.82 Å². The first kappa shape index (κ1) is 12.9. The Hall–Kier alpha value is -1.09. The van der Waals surface area contributed by atoms with Gasteiger partial charge in [0.15, 0.2) is 0 Å². The molecule has 3 nitrogen and oxygen atoms in total. The summed E-state index contributed by atoms with van der Waals surface area (Å²) in [5.41, 5.74) is 1.36. The number of hydrogen-bond acceptors (Lipinski definition) is 3. The number of anilines is 1. The monoisotopic (exact) mass is 259 g/mol. The van der Waals surface area contributed by atoms with Crippen LogP contribution in [0.25, 0.3) is 0 Å². The summed E-state index contributed by atoms with van der Waals surface area (Å²) < 4.78 is 0. The summed E-state index contributed by atoms with van der Waals surface area (Å²) in [4.78, 5) is 7.27. The molecule has 3 heteroatoms. The van der Waals surface area contributed by atoms with Crippen LogP contribution in [-0.4, -0.2) is 24.1 Å². The van der Waals surface area contributed by atoms with Crippen LogP contribution in [0.15, 0.2) is 18.3 Å². The van der Waals surface area contributed by atoms with Crippen molar-refractivity contribution in [2.45, 2.75) is 51.6 Å². The van der Waals surface area contributed by atoms with Crippen molar-refractivity contribution in [2.75, 3.05) is 18.0 Å². The van der Waals surface area contributed by atoms with Crippen LogP contribution in [0.4, 0.5) is 5.82 Å². The Labute approximate surface area is 116 Å². The summed E-state index contributed by atoms with van der Waals surface area (Å²) in [6.07, 6.45) is 8.67. The van der Waals surface area contributed by atoms with Gasteiger partial charge in [-0.3, -0.25) is 0 Å². The highest BCUT2D eigenvalue weighted by Crippen LogP contribution is 2.37. The third-order valence-corrected chi connectivity index (χ3v) is 4.02. The molecule has 2 aliphatic carbocycles. The first-order valence-electron chi connectivity index (χ1n) is 7.79. The second kappa shape index (κ2) is 5.91. The van der Waals surface area contributed by atoms with E-state index >= 15 is 0 Å². The Bertz CT molecular complexity index is 410. The number of nitrogens with one attached hydrogen (secondary N) is 1. The molecule has 1 aromatic heterocycles. The average Bonchev–Trinajstić information content (AvgIpc) is 3.29. The zero-order valence-electron chi connectivity index (χ0n) is 11.9. The fourth-order valence-electron chi connectivity index (χ4n) is 2.60. The quantitative estimate of drug-likeness (QED) is 0.728. The Morgan fingerprint density at radius 2 is 2.16 bits per heavy atom. The van der Waals surface area contributed by atoms with Crippen molar-refractivity contribution in [3.8, 4) is 0 Å². The summed E-state index contributed by atoms with van der Waals surface area (Å²) >= 11 is 0. The molecule has 19 heavy (non-hydrogen) atoms. The van der Waals surface area contributed by atoms with Crippen molar-refractivity contribution in [3.63, 3.8) is 0 Å². The van der Waals surface area contributed by atoms with Crippen LogP contribution in [-0.2, 0) is 6.54 Å². The molecule has 2 aliphatic rings. The van der Waals surface area contributed by atoms with E-state index < -0.39 is 0 Å². The molecule has 0 radical (unpaired) electrons. The molecule has 0 amide bonds. The molecule has 0 atom stereocenters. The predicted octanol–water partition coefficient (Wildman–Crippen LogP) is 2.96. The van der Waals surface area contributed by atoms with Gasteiger partial charge in [0.25, 0.3) is 0 Å². The molecule has 0 aromatic carbocycles. The van der Waals surface area contributed by atoms with Crippen LogP contribution in [0.3, 0.4) is 0 Å². The zero-order chi connectivity index (χ0) is 13.1. The van der Waals surface area contributed by atoms with E-state index in [0.717, 1.165) is 25.0 Å². The van der Waals surface area contributed by atoms with Crippen molar-refractivity contribution in [2.24, 2.45) is 5.92 Å². The van der Waals surface area contributed by atoms with Gasteiger partial charge in [-0.2, -0.15) is 0 Å². The van der Waals surface area contributed by atoms with Crippen LogP contribution < -0.4 is 10.2 Å². The highest BCUT2D eigenvalue weighted by atomic mass is 15.2. The summed E-state index contributed by atoms with van der Waals surface area (Å²) in [5, 5.41) is 3.51. The van der Waals surface area contributed by atoms with Crippen LogP contribution in [0, 0.1) is 5.92 Å². The van der Waals surface area contributed by atoms with Crippen LogP contribution in [0.2, 0.25) is 0 Å². The SMILES string of the molecule is CCCNCc1cccnc1N(CC1CC1)C1CC1. The lowest BCUT2D eigenvalue weighted by Gasteiger charge is -2.26. The van der Waals surface area contributed by atoms with E-state index in [4.69, 9.17) is 0 Å². The first-order valence-corrected chi connectivity index (χ1v) is 7.79. The van der Waals surface area contributed by atoms with E-state index in [0.29, 0.717) is 0 Å². The number of hydrogen-bond donors (Lipinski definition) is 1. The molecule has 0 bridgehead atoms. The molecular weight excluding hydrogens is 234 g/mol. The second-order valence-electron chi connectivity index (χ2n) is 5.99. The molecule has 1 heterocycles. The van der Waals surface area contributed by atoms with E-state index in [1.165, 1.54) is 50.0 Å². The lowest BCUT2D eigenvalue weighted by atomic mass is 10.2. The summed E-state index contributed by atoms with van der Waals surface area (Å²) in [6.45, 7) is 5.47. The molecular formula is C16H25N3. The molecule has 1 aromatic rings. The maximum absolute atomic E-state index is 4.69. The van der Waals surface area contributed by atoms with Gasteiger partial charge in [0, 0.05) is 30.9 Å². The number of pyridine rings is 1. The zero-order valence-corrected chi connectivity index (χ0v) is 11.9. The smallest absolute Gasteiger partial charge is 0.133 e. The van der Waals surface area contributed by atoms with E-state index in [-0.39, 0.29) is 0 Å². The van der Waals surface area contributed by atoms with Crippen molar-refractivity contribution in [1.82, 2.24) is 10.3 Å². The minimum atomic E-state index is 0.764. The van der Waals surface area contributed by atoms with Crippen molar-refractivity contribution in [3.05, 3.63) is 23.9 Å². The fraction of sp³-hybridized carbons (Fsp3) is 0.688. The van der Waals surface area contributed by atoms with Gasteiger partial charge in [-0.05, 0) is 50.6 Å². The second-order valence-corrected chi connectivity index (χ2v) is 5.99. The number of rotatable bonds is 8. The topological polar surface area (TPSA) is 28.2 Å². The van der Waals surface area contributed by atoms with Crippen LogP contribution >= 0.6 is 0 Å². The summed E-state index contributed by atoms with van der Waals surface area (Å²) in [7, 11) is 0. The van der Waals surface area contributed by atoms with Gasteiger partial charge in [0.2, 0.25) is 0 Å². The van der Waals surface area contributed by atoms with Crippen molar-refractivity contribution < 1.29 is 0 Å². The summed E-state index contributed by atoms with van der Waals surface area (Å²) in [5.74, 6) is 2.17. The summed E-state index contributed by atoms with van der Waals surface area (Å²) in [6, 6.07) is 5.06. The maximum atomic E-state index is 4.69. The van der Waals surface area contributed by atoms with Gasteiger partial charge >= 0.3 is 0 Å². The van der Waals surface area contributed by atoms with Crippen molar-refractivity contribution in [1.29, 1.82) is 0 Å². The van der Waals surface area contributed by atoms with Gasteiger partial charge in [-0.25, -0.2) is 4.98 Å². The van der Waals surface area contributed by atoms with E-state index in [1.54, 1.807) is 0 Å². The molecule has 2 fully saturated rings. The standard InChI is InChI=1S/C16H25N3/c1-2-9-17-11-14-4-3-10-18-16(14)19(15-7-8-15)12-13-5-6-13/h3-4,10,13,15,17H,2,5-9,11-12H2,1H3. The predicted molar refractivity (Wildman–Crippen MR) is 79.3 cm³/mol. The molecule has 1 N–H and O–H groups in total. The number of nitrogens with zero attached hydrogens (tertiary/aromatic N) is 2.